The maximum absolute atomic E-state index is 12.7. The zero-order chi connectivity index (χ0) is 15.9. The molecule has 21 heavy (non-hydrogen) atoms. The van der Waals surface area contributed by atoms with Crippen molar-refractivity contribution >= 4 is 7.60 Å². The van der Waals surface area contributed by atoms with Crippen LogP contribution in [-0.2, 0) is 27.8 Å². The Hall–Kier alpha value is -0.230. The number of hydrogen-bond donors (Lipinski definition) is 0. The van der Waals surface area contributed by atoms with E-state index >= 15 is 0 Å². The topological polar surface area (TPSA) is 63.2 Å². The van der Waals surface area contributed by atoms with Crippen molar-refractivity contribution < 1.29 is 27.8 Å². The van der Waals surface area contributed by atoms with Crippen LogP contribution in [0.15, 0.2) is 11.4 Å². The van der Waals surface area contributed by atoms with Gasteiger partial charge in [0.05, 0.1) is 31.7 Å². The van der Waals surface area contributed by atoms with Crippen LogP contribution >= 0.6 is 7.60 Å². The quantitative estimate of drug-likeness (QED) is 0.454. The molecular weight excluding hydrogens is 295 g/mol. The Morgan fingerprint density at radius 3 is 2.38 bits per heavy atom. The zero-order valence-corrected chi connectivity index (χ0v) is 14.5. The molecule has 0 fully saturated rings. The molecule has 0 N–H and O–H groups in total. The van der Waals surface area contributed by atoms with Gasteiger partial charge in [0.2, 0.25) is 0 Å². The molecule has 1 aliphatic heterocycles. The van der Waals surface area contributed by atoms with E-state index in [9.17, 15) is 4.57 Å². The van der Waals surface area contributed by atoms with Crippen molar-refractivity contribution in [1.82, 2.24) is 0 Å². The van der Waals surface area contributed by atoms with E-state index in [0.29, 0.717) is 31.7 Å². The minimum atomic E-state index is -3.26. The van der Waals surface area contributed by atoms with Crippen LogP contribution in [0, 0.1) is 0 Å². The summed E-state index contributed by atoms with van der Waals surface area (Å²) in [5, 5.41) is 0.557. The second-order valence-electron chi connectivity index (χ2n) is 4.90. The van der Waals surface area contributed by atoms with Gasteiger partial charge in [-0.3, -0.25) is 4.57 Å². The van der Waals surface area contributed by atoms with E-state index < -0.39 is 13.2 Å². The molecule has 0 aromatic rings. The summed E-state index contributed by atoms with van der Waals surface area (Å²) in [5.41, 5.74) is -0.648. The molecule has 2 atom stereocenters. The molecule has 0 amide bonds. The summed E-state index contributed by atoms with van der Waals surface area (Å²) in [7, 11) is -3.26. The van der Waals surface area contributed by atoms with E-state index in [-0.39, 0.29) is 12.9 Å². The molecule has 0 radical (unpaired) electrons. The number of ether oxygens (including phenoxy) is 3. The molecule has 1 aliphatic rings. The number of hydrogen-bond acceptors (Lipinski definition) is 6. The van der Waals surface area contributed by atoms with E-state index in [4.69, 9.17) is 23.3 Å². The van der Waals surface area contributed by atoms with Crippen molar-refractivity contribution in [2.24, 2.45) is 0 Å². The molecule has 6 nitrogen and oxygen atoms in total. The minimum Gasteiger partial charge on any atom is -0.364 e. The lowest BCUT2D eigenvalue weighted by molar-refractivity contribution is -0.158. The first-order chi connectivity index (χ1) is 9.89. The van der Waals surface area contributed by atoms with Gasteiger partial charge in [-0.2, -0.15) is 0 Å². The summed E-state index contributed by atoms with van der Waals surface area (Å²) in [4.78, 5) is 0. The fourth-order valence-corrected chi connectivity index (χ4v) is 3.76. The third-order valence-corrected chi connectivity index (χ3v) is 5.14. The van der Waals surface area contributed by atoms with Crippen molar-refractivity contribution in [1.29, 1.82) is 0 Å². The maximum atomic E-state index is 12.7. The average Bonchev–Trinajstić information content (AvgIpc) is 2.82. The first-order valence-corrected chi connectivity index (χ1v) is 8.92. The van der Waals surface area contributed by atoms with E-state index in [1.165, 1.54) is 0 Å². The van der Waals surface area contributed by atoms with Crippen LogP contribution < -0.4 is 0 Å². The summed E-state index contributed by atoms with van der Waals surface area (Å²) in [6.45, 7) is 11.0. The highest BCUT2D eigenvalue weighted by molar-refractivity contribution is 7.58. The standard InChI is InChI=1S/C14H27O6P/c1-6-16-12(4)17-11-14(5)9-13(10-18-14)21(15,19-7-2)20-8-3/h9,12H,6-8,10-11H2,1-5H3. The van der Waals surface area contributed by atoms with Gasteiger partial charge < -0.3 is 23.3 Å². The normalized spacial score (nSPS) is 24.1. The van der Waals surface area contributed by atoms with E-state index in [1.54, 1.807) is 19.9 Å². The predicted octanol–water partition coefficient (Wildman–Crippen LogP) is 3.32. The van der Waals surface area contributed by atoms with Crippen molar-refractivity contribution in [3.8, 4) is 0 Å². The molecular formula is C14H27O6P. The molecule has 0 aromatic heterocycles. The Morgan fingerprint density at radius 1 is 1.24 bits per heavy atom. The molecule has 124 valence electrons. The highest BCUT2D eigenvalue weighted by atomic mass is 31.2. The van der Waals surface area contributed by atoms with Crippen molar-refractivity contribution in [2.45, 2.75) is 46.5 Å². The van der Waals surface area contributed by atoms with Crippen molar-refractivity contribution in [3.63, 3.8) is 0 Å². The second-order valence-corrected chi connectivity index (χ2v) is 6.99. The molecule has 0 aromatic carbocycles. The molecule has 7 heteroatoms. The Bertz CT molecular complexity index is 387. The molecule has 2 unspecified atom stereocenters. The molecule has 0 bridgehead atoms. The lowest BCUT2D eigenvalue weighted by atomic mass is 10.1. The van der Waals surface area contributed by atoms with Crippen LogP contribution in [0.5, 0.6) is 0 Å². The summed E-state index contributed by atoms with van der Waals surface area (Å²) in [5.74, 6) is 0. The molecule has 1 heterocycles. The predicted molar refractivity (Wildman–Crippen MR) is 80.3 cm³/mol. The Balaban J connectivity index is 2.72. The summed E-state index contributed by atoms with van der Waals surface area (Å²) in [6, 6.07) is 0. The van der Waals surface area contributed by atoms with Crippen LogP contribution in [0.4, 0.5) is 0 Å². The molecule has 0 spiro atoms. The highest BCUT2D eigenvalue weighted by Crippen LogP contribution is 2.58. The second kappa shape index (κ2) is 8.42. The lowest BCUT2D eigenvalue weighted by Crippen LogP contribution is -2.31. The van der Waals surface area contributed by atoms with E-state index in [0.717, 1.165) is 0 Å². The van der Waals surface area contributed by atoms with Gasteiger partial charge >= 0.3 is 7.60 Å². The van der Waals surface area contributed by atoms with E-state index in [2.05, 4.69) is 0 Å². The third kappa shape index (κ3) is 5.47. The minimum absolute atomic E-state index is 0.222. The van der Waals surface area contributed by atoms with Gasteiger partial charge in [-0.15, -0.1) is 0 Å². The Kier molecular flexibility index (Phi) is 7.54. The fraction of sp³-hybridized carbons (Fsp3) is 0.857. The SMILES string of the molecule is CCOC(C)OCC1(C)C=C(P(=O)(OCC)OCC)CO1. The fourth-order valence-electron chi connectivity index (χ4n) is 2.02. The monoisotopic (exact) mass is 322 g/mol. The number of rotatable bonds is 10. The van der Waals surface area contributed by atoms with Crippen molar-refractivity contribution in [3.05, 3.63) is 11.4 Å². The highest BCUT2D eigenvalue weighted by Gasteiger charge is 2.39. The zero-order valence-electron chi connectivity index (χ0n) is 13.6. The van der Waals surface area contributed by atoms with Gasteiger partial charge in [0.25, 0.3) is 0 Å². The van der Waals surface area contributed by atoms with Gasteiger partial charge in [0.15, 0.2) is 6.29 Å². The van der Waals surface area contributed by atoms with Crippen molar-refractivity contribution in [2.75, 3.05) is 33.0 Å². The third-order valence-electron chi connectivity index (χ3n) is 2.98. The van der Waals surface area contributed by atoms with Gasteiger partial charge in [-0.25, -0.2) is 0 Å². The van der Waals surface area contributed by atoms with Crippen LogP contribution in [0.3, 0.4) is 0 Å². The Labute approximate surface area is 127 Å². The van der Waals surface area contributed by atoms with Gasteiger partial charge in [-0.05, 0) is 40.7 Å². The summed E-state index contributed by atoms with van der Waals surface area (Å²) in [6.07, 6.45) is 1.48. The van der Waals surface area contributed by atoms with Crippen LogP contribution in [-0.4, -0.2) is 44.9 Å². The Morgan fingerprint density at radius 2 is 1.86 bits per heavy atom. The molecule has 0 saturated heterocycles. The smallest absolute Gasteiger partial charge is 0.359 e. The maximum Gasteiger partial charge on any atom is 0.359 e. The first kappa shape index (κ1) is 18.8. The first-order valence-electron chi connectivity index (χ1n) is 7.37. The van der Waals surface area contributed by atoms with Crippen LogP contribution in [0.25, 0.3) is 0 Å². The van der Waals surface area contributed by atoms with Gasteiger partial charge in [0.1, 0.15) is 5.60 Å². The van der Waals surface area contributed by atoms with Gasteiger partial charge in [-0.1, -0.05) is 0 Å². The van der Waals surface area contributed by atoms with E-state index in [1.807, 2.05) is 20.8 Å². The van der Waals surface area contributed by atoms with Crippen LogP contribution in [0.2, 0.25) is 0 Å². The molecule has 0 saturated carbocycles. The molecule has 0 aliphatic carbocycles. The summed E-state index contributed by atoms with van der Waals surface area (Å²) >= 11 is 0. The largest absolute Gasteiger partial charge is 0.364 e. The molecule has 1 rings (SSSR count). The van der Waals surface area contributed by atoms with Crippen LogP contribution in [0.1, 0.15) is 34.6 Å². The van der Waals surface area contributed by atoms with Gasteiger partial charge in [0, 0.05) is 6.61 Å². The average molecular weight is 322 g/mol. The lowest BCUT2D eigenvalue weighted by Gasteiger charge is -2.23. The summed E-state index contributed by atoms with van der Waals surface area (Å²) < 4.78 is 40.0.